The van der Waals surface area contributed by atoms with E-state index in [2.05, 4.69) is 41.5 Å². The van der Waals surface area contributed by atoms with E-state index in [1.165, 1.54) is 7.11 Å². The minimum atomic E-state index is -2.02. The van der Waals surface area contributed by atoms with Crippen molar-refractivity contribution >= 4 is 14.0 Å². The molecule has 1 aliphatic rings. The molecule has 1 N–H and O–H groups in total. The Kier molecular flexibility index (Phi) is 4.33. The summed E-state index contributed by atoms with van der Waals surface area (Å²) >= 11 is 0. The molecule has 1 aliphatic carbocycles. The Balaban J connectivity index is 3.39. The SMILES string of the molecule is COC(=O)C1([Si](C(C)C)(C(C)C)C(C)C)CC1O. The van der Waals surface area contributed by atoms with Gasteiger partial charge in [-0.1, -0.05) is 41.5 Å². The molecule has 0 bridgehead atoms. The van der Waals surface area contributed by atoms with Gasteiger partial charge in [0.25, 0.3) is 0 Å². The Hall–Kier alpha value is -0.353. The largest absolute Gasteiger partial charge is 0.469 e. The Morgan fingerprint density at radius 1 is 1.17 bits per heavy atom. The van der Waals surface area contributed by atoms with Gasteiger partial charge in [0.2, 0.25) is 0 Å². The summed E-state index contributed by atoms with van der Waals surface area (Å²) in [6, 6.07) is 0. The molecular weight excluding hydrogens is 244 g/mol. The first-order chi connectivity index (χ1) is 8.19. The fraction of sp³-hybridized carbons (Fsp3) is 0.929. The smallest absolute Gasteiger partial charge is 0.311 e. The van der Waals surface area contributed by atoms with E-state index < -0.39 is 19.2 Å². The van der Waals surface area contributed by atoms with Crippen LogP contribution >= 0.6 is 0 Å². The third kappa shape index (κ3) is 1.76. The monoisotopic (exact) mass is 272 g/mol. The minimum absolute atomic E-state index is 0.183. The highest BCUT2D eigenvalue weighted by Crippen LogP contribution is 2.70. The highest BCUT2D eigenvalue weighted by atomic mass is 28.3. The molecule has 18 heavy (non-hydrogen) atoms. The van der Waals surface area contributed by atoms with Crippen LogP contribution in [0.25, 0.3) is 0 Å². The first-order valence-corrected chi connectivity index (χ1v) is 9.19. The highest BCUT2D eigenvalue weighted by Gasteiger charge is 2.75. The Morgan fingerprint density at radius 3 is 1.67 bits per heavy atom. The second-order valence-electron chi connectivity index (χ2n) is 6.58. The Bertz CT molecular complexity index is 303. The van der Waals surface area contributed by atoms with E-state index in [4.69, 9.17) is 4.74 Å². The average molecular weight is 272 g/mol. The van der Waals surface area contributed by atoms with E-state index in [0.29, 0.717) is 23.0 Å². The van der Waals surface area contributed by atoms with Gasteiger partial charge in [-0.2, -0.15) is 0 Å². The highest BCUT2D eigenvalue weighted by molar-refractivity contribution is 6.90. The number of aliphatic hydroxyl groups excluding tert-OH is 1. The number of rotatable bonds is 5. The van der Waals surface area contributed by atoms with Gasteiger partial charge in [0.1, 0.15) is 0 Å². The zero-order valence-corrected chi connectivity index (χ0v) is 13.8. The number of hydrogen-bond acceptors (Lipinski definition) is 3. The van der Waals surface area contributed by atoms with Gasteiger partial charge in [0.15, 0.2) is 0 Å². The van der Waals surface area contributed by atoms with E-state index >= 15 is 0 Å². The first-order valence-electron chi connectivity index (χ1n) is 6.96. The van der Waals surface area contributed by atoms with Crippen LogP contribution in [-0.4, -0.2) is 32.4 Å². The zero-order valence-electron chi connectivity index (χ0n) is 12.8. The van der Waals surface area contributed by atoms with Gasteiger partial charge in [0, 0.05) is 0 Å². The summed E-state index contributed by atoms with van der Waals surface area (Å²) in [6.07, 6.45) is 0.101. The van der Waals surface area contributed by atoms with Crippen LogP contribution in [-0.2, 0) is 9.53 Å². The molecule has 0 aliphatic heterocycles. The van der Waals surface area contributed by atoms with Gasteiger partial charge in [-0.05, 0) is 23.0 Å². The number of methoxy groups -OCH3 is 1. The van der Waals surface area contributed by atoms with Crippen molar-refractivity contribution in [3.63, 3.8) is 0 Å². The molecule has 1 fully saturated rings. The minimum Gasteiger partial charge on any atom is -0.469 e. The number of hydrogen-bond donors (Lipinski definition) is 1. The quantitative estimate of drug-likeness (QED) is 0.617. The molecule has 0 aromatic rings. The molecule has 1 rings (SSSR count). The Morgan fingerprint density at radius 2 is 1.50 bits per heavy atom. The first kappa shape index (κ1) is 15.7. The van der Waals surface area contributed by atoms with Crippen molar-refractivity contribution in [2.75, 3.05) is 7.11 Å². The predicted octanol–water partition coefficient (Wildman–Crippen LogP) is 3.34. The van der Waals surface area contributed by atoms with Crippen molar-refractivity contribution in [2.45, 2.75) is 75.7 Å². The lowest BCUT2D eigenvalue weighted by atomic mass is 10.4. The third-order valence-electron chi connectivity index (χ3n) is 5.11. The fourth-order valence-corrected chi connectivity index (χ4v) is 13.5. The lowest BCUT2D eigenvalue weighted by molar-refractivity contribution is -0.142. The van der Waals surface area contributed by atoms with Crippen molar-refractivity contribution in [1.82, 2.24) is 0 Å². The van der Waals surface area contributed by atoms with Gasteiger partial charge in [-0.15, -0.1) is 0 Å². The predicted molar refractivity (Wildman–Crippen MR) is 76.4 cm³/mol. The molecule has 1 saturated carbocycles. The maximum atomic E-state index is 12.3. The van der Waals surface area contributed by atoms with E-state index in [9.17, 15) is 9.90 Å². The summed E-state index contributed by atoms with van der Waals surface area (Å²) in [5.74, 6) is -0.183. The molecule has 0 aromatic heterocycles. The summed E-state index contributed by atoms with van der Waals surface area (Å²) in [6.45, 7) is 13.3. The summed E-state index contributed by atoms with van der Waals surface area (Å²) < 4.78 is 5.04. The van der Waals surface area contributed by atoms with Gasteiger partial charge in [0.05, 0.1) is 26.3 Å². The molecule has 0 heterocycles. The zero-order chi connectivity index (χ0) is 14.3. The topological polar surface area (TPSA) is 46.5 Å². The Labute approximate surface area is 112 Å². The molecular formula is C14H28O3Si. The second kappa shape index (κ2) is 4.97. The summed E-state index contributed by atoms with van der Waals surface area (Å²) in [4.78, 5) is 12.3. The molecule has 0 radical (unpaired) electrons. The van der Waals surface area contributed by atoms with Crippen LogP contribution in [0.3, 0.4) is 0 Å². The van der Waals surface area contributed by atoms with Crippen LogP contribution in [0.15, 0.2) is 0 Å². The van der Waals surface area contributed by atoms with Gasteiger partial charge in [-0.25, -0.2) is 0 Å². The molecule has 106 valence electrons. The van der Waals surface area contributed by atoms with Crippen molar-refractivity contribution in [3.05, 3.63) is 0 Å². The molecule has 0 spiro atoms. The van der Waals surface area contributed by atoms with Crippen molar-refractivity contribution in [2.24, 2.45) is 0 Å². The second-order valence-corrected chi connectivity index (χ2v) is 12.8. The lowest BCUT2D eigenvalue weighted by Gasteiger charge is -2.48. The summed E-state index contributed by atoms with van der Waals surface area (Å²) in [5, 5.41) is 9.62. The van der Waals surface area contributed by atoms with E-state index in [0.717, 1.165) is 0 Å². The van der Waals surface area contributed by atoms with Crippen LogP contribution in [0.1, 0.15) is 48.0 Å². The molecule has 4 heteroatoms. The van der Waals surface area contributed by atoms with Crippen molar-refractivity contribution in [1.29, 1.82) is 0 Å². The average Bonchev–Trinajstić information content (AvgIpc) is 2.89. The number of esters is 1. The van der Waals surface area contributed by atoms with E-state index in [1.807, 2.05) is 0 Å². The summed E-state index contributed by atoms with van der Waals surface area (Å²) in [7, 11) is -0.576. The van der Waals surface area contributed by atoms with Crippen LogP contribution in [0.5, 0.6) is 0 Å². The maximum Gasteiger partial charge on any atom is 0.311 e. The number of carbonyl (C=O) groups excluding carboxylic acids is 1. The van der Waals surface area contributed by atoms with Gasteiger partial charge < -0.3 is 9.84 Å². The van der Waals surface area contributed by atoms with Crippen molar-refractivity contribution in [3.8, 4) is 0 Å². The van der Waals surface area contributed by atoms with Crippen LogP contribution < -0.4 is 0 Å². The molecule has 0 aromatic carbocycles. The number of carbonyl (C=O) groups is 1. The fourth-order valence-electron chi connectivity index (χ4n) is 4.84. The molecule has 0 saturated heterocycles. The van der Waals surface area contributed by atoms with Gasteiger partial charge >= 0.3 is 5.97 Å². The number of ether oxygens (including phenoxy) is 1. The van der Waals surface area contributed by atoms with Crippen molar-refractivity contribution < 1.29 is 14.6 Å². The summed E-state index contributed by atoms with van der Waals surface area (Å²) in [5.41, 5.74) is 1.36. The normalized spacial score (nSPS) is 28.1. The number of aliphatic hydroxyl groups is 1. The third-order valence-corrected chi connectivity index (χ3v) is 13.1. The molecule has 2 unspecified atom stereocenters. The van der Waals surface area contributed by atoms with Crippen LogP contribution in [0.2, 0.25) is 21.7 Å². The van der Waals surface area contributed by atoms with Crippen LogP contribution in [0, 0.1) is 0 Å². The standard InChI is InChI=1S/C14H28O3Si/c1-9(2)18(10(3)4,11(5)6)14(8-12(14)15)13(16)17-7/h9-12,15H,8H2,1-7H3. The van der Waals surface area contributed by atoms with E-state index in [-0.39, 0.29) is 5.97 Å². The lowest BCUT2D eigenvalue weighted by Crippen LogP contribution is -2.54. The van der Waals surface area contributed by atoms with E-state index in [1.54, 1.807) is 0 Å². The van der Waals surface area contributed by atoms with Crippen LogP contribution in [0.4, 0.5) is 0 Å². The molecule has 0 amide bonds. The maximum absolute atomic E-state index is 12.3. The molecule has 3 nitrogen and oxygen atoms in total. The molecule has 2 atom stereocenters. The van der Waals surface area contributed by atoms with Gasteiger partial charge in [-0.3, -0.25) is 4.79 Å².